The van der Waals surface area contributed by atoms with Crippen molar-refractivity contribution in [1.29, 1.82) is 0 Å². The average Bonchev–Trinajstić information content (AvgIpc) is 2.79. The van der Waals surface area contributed by atoms with E-state index in [1.807, 2.05) is 64.4 Å². The maximum atomic E-state index is 12.9. The molecule has 2 aromatic rings. The van der Waals surface area contributed by atoms with Crippen LogP contribution in [0.5, 0.6) is 0 Å². The van der Waals surface area contributed by atoms with Crippen LogP contribution < -0.4 is 4.90 Å². The molecule has 1 saturated heterocycles. The minimum atomic E-state index is 0.0460. The van der Waals surface area contributed by atoms with Gasteiger partial charge < -0.3 is 14.9 Å². The van der Waals surface area contributed by atoms with Crippen molar-refractivity contribution in [1.82, 2.24) is 4.90 Å². The molecule has 5 heteroatoms. The number of carbonyl (C=O) groups is 2. The molecule has 2 aliphatic rings. The number of aryl methyl sites for hydroxylation is 1. The molecule has 0 aromatic heterocycles. The van der Waals surface area contributed by atoms with Gasteiger partial charge in [-0.15, -0.1) is 0 Å². The number of anilines is 1. The van der Waals surface area contributed by atoms with Crippen LogP contribution in [0.3, 0.4) is 0 Å². The van der Waals surface area contributed by atoms with Gasteiger partial charge in [0.1, 0.15) is 0 Å². The Morgan fingerprint density at radius 1 is 1.03 bits per heavy atom. The number of amides is 2. The van der Waals surface area contributed by atoms with Crippen LogP contribution in [0.1, 0.15) is 47.2 Å². The molecule has 2 heterocycles. The van der Waals surface area contributed by atoms with Crippen LogP contribution in [0, 0.1) is 0 Å². The fourth-order valence-corrected chi connectivity index (χ4v) is 4.39. The zero-order valence-electron chi connectivity index (χ0n) is 17.2. The molecule has 0 atom stereocenters. The molecule has 0 saturated carbocycles. The number of para-hydroxylation sites is 1. The number of fused-ring (bicyclic) bond motifs is 1. The number of benzene rings is 2. The predicted octanol–water partition coefficient (Wildman–Crippen LogP) is 3.67. The highest BCUT2D eigenvalue weighted by Crippen LogP contribution is 2.32. The summed E-state index contributed by atoms with van der Waals surface area (Å²) in [4.78, 5) is 29.4. The molecule has 5 nitrogen and oxygen atoms in total. The topological polar surface area (TPSA) is 60.9 Å². The Kier molecular flexibility index (Phi) is 6.29. The number of piperidine rings is 1. The molecular formula is C25H28N2O3. The molecular weight excluding hydrogens is 376 g/mol. The smallest absolute Gasteiger partial charge is 0.253 e. The van der Waals surface area contributed by atoms with Crippen LogP contribution in [-0.2, 0) is 11.2 Å². The lowest BCUT2D eigenvalue weighted by atomic mass is 9.95. The third kappa shape index (κ3) is 4.31. The van der Waals surface area contributed by atoms with Crippen LogP contribution in [-0.4, -0.2) is 47.6 Å². The number of aliphatic hydroxyl groups excluding tert-OH is 1. The van der Waals surface area contributed by atoms with E-state index in [0.717, 1.165) is 30.5 Å². The van der Waals surface area contributed by atoms with Gasteiger partial charge in [-0.2, -0.15) is 0 Å². The van der Waals surface area contributed by atoms with Crippen molar-refractivity contribution in [2.45, 2.75) is 38.1 Å². The molecule has 2 aliphatic heterocycles. The fourth-order valence-electron chi connectivity index (χ4n) is 4.39. The van der Waals surface area contributed by atoms with Crippen molar-refractivity contribution in [2.75, 3.05) is 24.6 Å². The van der Waals surface area contributed by atoms with Gasteiger partial charge in [0.25, 0.3) is 5.91 Å². The standard InChI is InChI=1S/C25H28N2O3/c28-18-4-3-5-19-8-10-21(11-9-19)25(30)26-16-14-22(15-17-26)27-23-7-2-1-6-20(23)12-13-24(27)29/h1-3,5-11,22,28H,4,12-18H2. The fraction of sp³-hybridized carbons (Fsp3) is 0.360. The molecule has 0 unspecified atom stereocenters. The van der Waals surface area contributed by atoms with Gasteiger partial charge in [0.15, 0.2) is 0 Å². The van der Waals surface area contributed by atoms with Crippen LogP contribution >= 0.6 is 0 Å². The van der Waals surface area contributed by atoms with Crippen LogP contribution in [0.2, 0.25) is 0 Å². The van der Waals surface area contributed by atoms with E-state index in [1.165, 1.54) is 5.56 Å². The highest BCUT2D eigenvalue weighted by molar-refractivity contribution is 5.97. The van der Waals surface area contributed by atoms with Gasteiger partial charge in [0.05, 0.1) is 0 Å². The van der Waals surface area contributed by atoms with E-state index in [-0.39, 0.29) is 24.5 Å². The summed E-state index contributed by atoms with van der Waals surface area (Å²) in [7, 11) is 0. The maximum absolute atomic E-state index is 12.9. The maximum Gasteiger partial charge on any atom is 0.253 e. The third-order valence-corrected chi connectivity index (χ3v) is 6.01. The molecule has 2 aromatic carbocycles. The first kappa shape index (κ1) is 20.4. The summed E-state index contributed by atoms with van der Waals surface area (Å²) in [5, 5.41) is 8.85. The quantitative estimate of drug-likeness (QED) is 0.827. The molecule has 30 heavy (non-hydrogen) atoms. The highest BCUT2D eigenvalue weighted by Gasteiger charge is 2.33. The molecule has 2 amide bonds. The van der Waals surface area contributed by atoms with E-state index >= 15 is 0 Å². The summed E-state index contributed by atoms with van der Waals surface area (Å²) in [6, 6.07) is 15.9. The number of hydrogen-bond donors (Lipinski definition) is 1. The van der Waals surface area contributed by atoms with Gasteiger partial charge in [-0.3, -0.25) is 9.59 Å². The summed E-state index contributed by atoms with van der Waals surface area (Å²) in [6.07, 6.45) is 7.47. The second-order valence-corrected chi connectivity index (χ2v) is 7.95. The van der Waals surface area contributed by atoms with Crippen molar-refractivity contribution in [3.8, 4) is 0 Å². The zero-order valence-corrected chi connectivity index (χ0v) is 17.2. The molecule has 0 radical (unpaired) electrons. The Labute approximate surface area is 177 Å². The first-order valence-corrected chi connectivity index (χ1v) is 10.7. The SMILES string of the molecule is O=C(c1ccc(C=CCCO)cc1)N1CCC(N2C(=O)CCc3ccccc32)CC1. The monoisotopic (exact) mass is 404 g/mol. The molecule has 156 valence electrons. The Morgan fingerprint density at radius 3 is 2.50 bits per heavy atom. The summed E-state index contributed by atoms with van der Waals surface area (Å²) in [5.41, 5.74) is 3.99. The van der Waals surface area contributed by atoms with Crippen molar-refractivity contribution < 1.29 is 14.7 Å². The second-order valence-electron chi connectivity index (χ2n) is 7.95. The number of hydrogen-bond acceptors (Lipinski definition) is 3. The Morgan fingerprint density at radius 2 is 1.77 bits per heavy atom. The molecule has 1 N–H and O–H groups in total. The van der Waals surface area contributed by atoms with E-state index in [9.17, 15) is 9.59 Å². The predicted molar refractivity (Wildman–Crippen MR) is 118 cm³/mol. The second kappa shape index (κ2) is 9.26. The highest BCUT2D eigenvalue weighted by atomic mass is 16.2. The molecule has 4 rings (SSSR count). The first-order valence-electron chi connectivity index (χ1n) is 10.7. The minimum Gasteiger partial charge on any atom is -0.396 e. The lowest BCUT2D eigenvalue weighted by molar-refractivity contribution is -0.119. The average molecular weight is 405 g/mol. The Balaban J connectivity index is 1.39. The number of carbonyl (C=O) groups excluding carboxylic acids is 2. The lowest BCUT2D eigenvalue weighted by Crippen LogP contribution is -2.50. The van der Waals surface area contributed by atoms with Crippen molar-refractivity contribution in [2.24, 2.45) is 0 Å². The van der Waals surface area contributed by atoms with Gasteiger partial charge in [-0.1, -0.05) is 42.5 Å². The van der Waals surface area contributed by atoms with Gasteiger partial charge in [-0.25, -0.2) is 0 Å². The lowest BCUT2D eigenvalue weighted by Gasteiger charge is -2.41. The largest absolute Gasteiger partial charge is 0.396 e. The number of nitrogens with zero attached hydrogens (tertiary/aromatic N) is 2. The van der Waals surface area contributed by atoms with Crippen molar-refractivity contribution in [3.05, 3.63) is 71.3 Å². The Hall–Kier alpha value is -2.92. The van der Waals surface area contributed by atoms with Crippen LogP contribution in [0.4, 0.5) is 5.69 Å². The van der Waals surface area contributed by atoms with Gasteiger partial charge >= 0.3 is 0 Å². The molecule has 1 fully saturated rings. The number of likely N-dealkylation sites (tertiary alicyclic amines) is 1. The molecule has 0 aliphatic carbocycles. The zero-order chi connectivity index (χ0) is 20.9. The number of aliphatic hydroxyl groups is 1. The van der Waals surface area contributed by atoms with E-state index in [0.29, 0.717) is 31.5 Å². The van der Waals surface area contributed by atoms with Gasteiger partial charge in [-0.05, 0) is 55.0 Å². The number of rotatable bonds is 5. The first-order chi connectivity index (χ1) is 14.7. The Bertz CT molecular complexity index is 928. The van der Waals surface area contributed by atoms with Crippen molar-refractivity contribution >= 4 is 23.6 Å². The van der Waals surface area contributed by atoms with E-state index in [2.05, 4.69) is 6.07 Å². The minimum absolute atomic E-state index is 0.0460. The summed E-state index contributed by atoms with van der Waals surface area (Å²) in [6.45, 7) is 1.46. The van der Waals surface area contributed by atoms with E-state index < -0.39 is 0 Å². The van der Waals surface area contributed by atoms with Crippen LogP contribution in [0.15, 0.2) is 54.6 Å². The van der Waals surface area contributed by atoms with E-state index in [1.54, 1.807) is 0 Å². The summed E-state index contributed by atoms with van der Waals surface area (Å²) in [5.74, 6) is 0.244. The van der Waals surface area contributed by atoms with Gasteiger partial charge in [0.2, 0.25) is 5.91 Å². The summed E-state index contributed by atoms with van der Waals surface area (Å²) < 4.78 is 0. The van der Waals surface area contributed by atoms with Crippen LogP contribution in [0.25, 0.3) is 6.08 Å². The van der Waals surface area contributed by atoms with Gasteiger partial charge in [0, 0.05) is 43.4 Å². The molecule has 0 spiro atoms. The normalized spacial score (nSPS) is 17.4. The van der Waals surface area contributed by atoms with Crippen molar-refractivity contribution in [3.63, 3.8) is 0 Å². The summed E-state index contributed by atoms with van der Waals surface area (Å²) >= 11 is 0. The third-order valence-electron chi connectivity index (χ3n) is 6.01. The molecule has 0 bridgehead atoms. The van der Waals surface area contributed by atoms with E-state index in [4.69, 9.17) is 5.11 Å².